The third-order valence-corrected chi connectivity index (χ3v) is 6.73. The van der Waals surface area contributed by atoms with Gasteiger partial charge in [-0.15, -0.1) is 0 Å². The van der Waals surface area contributed by atoms with E-state index in [1.807, 2.05) is 4.90 Å². The van der Waals surface area contributed by atoms with Crippen LogP contribution in [0.3, 0.4) is 0 Å². The molecule has 0 radical (unpaired) electrons. The van der Waals surface area contributed by atoms with Crippen LogP contribution in [0.15, 0.2) is 35.2 Å². The van der Waals surface area contributed by atoms with Crippen molar-refractivity contribution in [2.45, 2.75) is 44.9 Å². The molecular weight excluding hydrogens is 494 g/mol. The number of nitrogens with zero attached hydrogens (tertiary/aromatic N) is 5. The van der Waals surface area contributed by atoms with E-state index in [0.29, 0.717) is 12.8 Å². The number of alkyl halides is 3. The van der Waals surface area contributed by atoms with E-state index in [0.717, 1.165) is 32.0 Å². The fourth-order valence-electron chi connectivity index (χ4n) is 4.33. The zero-order valence-electron chi connectivity index (χ0n) is 21.0. The number of rotatable bonds is 9. The highest BCUT2D eigenvalue weighted by atomic mass is 19.4. The van der Waals surface area contributed by atoms with Crippen molar-refractivity contribution in [3.8, 4) is 0 Å². The van der Waals surface area contributed by atoms with Crippen LogP contribution in [-0.4, -0.2) is 84.6 Å². The van der Waals surface area contributed by atoms with Crippen molar-refractivity contribution in [1.29, 1.82) is 0 Å². The summed E-state index contributed by atoms with van der Waals surface area (Å²) in [6.07, 6.45) is -0.0568. The van der Waals surface area contributed by atoms with E-state index in [1.54, 1.807) is 11.8 Å². The van der Waals surface area contributed by atoms with E-state index in [1.165, 1.54) is 13.3 Å². The minimum absolute atomic E-state index is 0.00525. The number of likely N-dealkylation sites (tertiary alicyclic amines) is 1. The molecule has 2 atom stereocenters. The first-order valence-electron chi connectivity index (χ1n) is 12.1. The van der Waals surface area contributed by atoms with E-state index in [9.17, 15) is 18.0 Å². The van der Waals surface area contributed by atoms with Crippen LogP contribution in [0, 0.1) is 11.7 Å². The number of halogens is 4. The highest BCUT2D eigenvalue weighted by Gasteiger charge is 2.33. The predicted octanol–water partition coefficient (Wildman–Crippen LogP) is 2.91. The van der Waals surface area contributed by atoms with E-state index in [4.69, 9.17) is 10.5 Å². The van der Waals surface area contributed by atoms with Crippen LogP contribution < -0.4 is 16.0 Å². The number of carbonyl (C=O) groups excluding carboxylic acids is 1. The van der Waals surface area contributed by atoms with E-state index < -0.39 is 23.6 Å². The van der Waals surface area contributed by atoms with Crippen LogP contribution in [0.2, 0.25) is 0 Å². The van der Waals surface area contributed by atoms with Crippen LogP contribution >= 0.6 is 0 Å². The fourth-order valence-corrected chi connectivity index (χ4v) is 4.33. The molecule has 2 fully saturated rings. The fraction of sp³-hybridized carbons (Fsp3) is 0.583. The molecule has 0 aromatic carbocycles. The summed E-state index contributed by atoms with van der Waals surface area (Å²) in [5.41, 5.74) is 4.57. The Hall–Kier alpha value is -3.06. The SMILES string of the molecule is C=C(/N=C\C(=C/C)C(F)(F)F)[C@H]1COCCN1c1ncnc(NCC2CCN(C(C)C(N)=O)CC2)c1F. The maximum atomic E-state index is 15.5. The van der Waals surface area contributed by atoms with Crippen LogP contribution in [-0.2, 0) is 9.53 Å². The van der Waals surface area contributed by atoms with Crippen molar-refractivity contribution >= 4 is 23.8 Å². The Morgan fingerprint density at radius 3 is 2.68 bits per heavy atom. The molecule has 3 N–H and O–H groups in total. The summed E-state index contributed by atoms with van der Waals surface area (Å²) >= 11 is 0. The summed E-state index contributed by atoms with van der Waals surface area (Å²) in [6.45, 7) is 9.37. The number of nitrogens with two attached hydrogens (primary N) is 1. The van der Waals surface area contributed by atoms with Gasteiger partial charge in [0.15, 0.2) is 11.6 Å². The van der Waals surface area contributed by atoms with Crippen molar-refractivity contribution in [2.24, 2.45) is 16.6 Å². The standard InChI is InChI=1S/C24H33F4N7O2/c1-4-18(24(26,27)28)12-30-15(2)19-13-37-10-9-35(19)23-20(25)22(32-14-33-23)31-11-17-5-7-34(8-6-17)16(3)21(29)36/h4,12,14,16-17,19H,2,5-11,13H2,1,3H3,(H2,29,36)(H,31,32,33)/b18-4+,30-12-/t16?,19-/m1/s1. The van der Waals surface area contributed by atoms with Gasteiger partial charge in [-0.2, -0.15) is 17.6 Å². The van der Waals surface area contributed by atoms with Gasteiger partial charge in [0.2, 0.25) is 11.7 Å². The number of piperidine rings is 1. The first kappa shape index (κ1) is 28.5. The summed E-state index contributed by atoms with van der Waals surface area (Å²) < 4.78 is 60.0. The number of anilines is 2. The summed E-state index contributed by atoms with van der Waals surface area (Å²) in [5.74, 6) is -0.742. The molecule has 9 nitrogen and oxygen atoms in total. The predicted molar refractivity (Wildman–Crippen MR) is 133 cm³/mol. The highest BCUT2D eigenvalue weighted by molar-refractivity contribution is 5.81. The molecular formula is C24H33F4N7O2. The number of ether oxygens (including phenoxy) is 1. The smallest absolute Gasteiger partial charge is 0.377 e. The average molecular weight is 528 g/mol. The Labute approximate surface area is 213 Å². The molecule has 1 aromatic rings. The number of allylic oxidation sites excluding steroid dienone is 2. The maximum Gasteiger partial charge on any atom is 0.417 e. The third-order valence-electron chi connectivity index (χ3n) is 6.73. The molecule has 37 heavy (non-hydrogen) atoms. The number of carbonyl (C=O) groups is 1. The van der Waals surface area contributed by atoms with Gasteiger partial charge in [0.1, 0.15) is 6.33 Å². The molecule has 3 heterocycles. The topological polar surface area (TPSA) is 109 Å². The van der Waals surface area contributed by atoms with Gasteiger partial charge in [0.25, 0.3) is 0 Å². The van der Waals surface area contributed by atoms with Crippen LogP contribution in [0.5, 0.6) is 0 Å². The van der Waals surface area contributed by atoms with Gasteiger partial charge in [-0.3, -0.25) is 14.7 Å². The number of nitrogens with one attached hydrogen (secondary N) is 1. The quantitative estimate of drug-likeness (QED) is 0.376. The second-order valence-corrected chi connectivity index (χ2v) is 9.07. The molecule has 2 aliphatic rings. The van der Waals surface area contributed by atoms with Gasteiger partial charge in [-0.1, -0.05) is 12.7 Å². The Morgan fingerprint density at radius 1 is 1.35 bits per heavy atom. The van der Waals surface area contributed by atoms with Crippen molar-refractivity contribution in [1.82, 2.24) is 14.9 Å². The van der Waals surface area contributed by atoms with Gasteiger partial charge in [-0.05, 0) is 45.7 Å². The van der Waals surface area contributed by atoms with Crippen LogP contribution in [0.4, 0.5) is 29.2 Å². The number of amides is 1. The minimum atomic E-state index is -4.54. The Balaban J connectivity index is 1.67. The number of hydrogen-bond donors (Lipinski definition) is 2. The molecule has 1 aromatic heterocycles. The van der Waals surface area contributed by atoms with Crippen LogP contribution in [0.1, 0.15) is 26.7 Å². The number of hydrogen-bond acceptors (Lipinski definition) is 8. The lowest BCUT2D eigenvalue weighted by molar-refractivity contribution is -0.123. The van der Waals surface area contributed by atoms with Crippen LogP contribution in [0.25, 0.3) is 0 Å². The molecule has 0 bridgehead atoms. The normalized spacial score (nSPS) is 21.3. The second-order valence-electron chi connectivity index (χ2n) is 9.07. The molecule has 13 heteroatoms. The van der Waals surface area contributed by atoms with E-state index in [-0.39, 0.29) is 55.0 Å². The number of primary amides is 1. The van der Waals surface area contributed by atoms with Gasteiger partial charge in [0.05, 0.1) is 36.6 Å². The molecule has 2 aliphatic heterocycles. The molecule has 204 valence electrons. The molecule has 0 saturated carbocycles. The lowest BCUT2D eigenvalue weighted by Crippen LogP contribution is -2.47. The molecule has 3 rings (SSSR count). The lowest BCUT2D eigenvalue weighted by Gasteiger charge is -2.36. The zero-order valence-corrected chi connectivity index (χ0v) is 21.0. The molecule has 0 spiro atoms. The monoisotopic (exact) mass is 527 g/mol. The molecule has 2 saturated heterocycles. The summed E-state index contributed by atoms with van der Waals surface area (Å²) in [5, 5.41) is 3.06. The summed E-state index contributed by atoms with van der Waals surface area (Å²) in [6, 6.07) is -1.03. The van der Waals surface area contributed by atoms with E-state index in [2.05, 4.69) is 26.9 Å². The van der Waals surface area contributed by atoms with E-state index >= 15 is 4.39 Å². The highest BCUT2D eigenvalue weighted by Crippen LogP contribution is 2.29. The van der Waals surface area contributed by atoms with Crippen molar-refractivity contribution < 1.29 is 27.1 Å². The van der Waals surface area contributed by atoms with Crippen molar-refractivity contribution in [3.05, 3.63) is 36.1 Å². The first-order chi connectivity index (χ1) is 17.5. The minimum Gasteiger partial charge on any atom is -0.377 e. The van der Waals surface area contributed by atoms with Gasteiger partial charge >= 0.3 is 6.18 Å². The average Bonchev–Trinajstić information content (AvgIpc) is 2.87. The third kappa shape index (κ3) is 7.25. The Morgan fingerprint density at radius 2 is 2.05 bits per heavy atom. The van der Waals surface area contributed by atoms with Gasteiger partial charge in [0, 0.05) is 19.3 Å². The second kappa shape index (κ2) is 12.5. The molecule has 1 unspecified atom stereocenters. The molecule has 0 aliphatic carbocycles. The Kier molecular flexibility index (Phi) is 9.60. The number of aliphatic imine (C=N–C) groups is 1. The molecule has 1 amide bonds. The number of aromatic nitrogens is 2. The van der Waals surface area contributed by atoms with Crippen molar-refractivity contribution in [2.75, 3.05) is 49.6 Å². The first-order valence-corrected chi connectivity index (χ1v) is 12.1. The maximum absolute atomic E-state index is 15.5. The Bertz CT molecular complexity index is 1020. The largest absolute Gasteiger partial charge is 0.417 e. The van der Waals surface area contributed by atoms with Crippen molar-refractivity contribution in [3.63, 3.8) is 0 Å². The van der Waals surface area contributed by atoms with Gasteiger partial charge in [-0.25, -0.2) is 9.97 Å². The summed E-state index contributed by atoms with van der Waals surface area (Å²) in [7, 11) is 0. The number of morpholine rings is 1. The zero-order chi connectivity index (χ0) is 27.2. The lowest BCUT2D eigenvalue weighted by atomic mass is 9.95. The van der Waals surface area contributed by atoms with Gasteiger partial charge < -0.3 is 20.7 Å². The summed E-state index contributed by atoms with van der Waals surface area (Å²) in [4.78, 5) is 27.1.